The summed E-state index contributed by atoms with van der Waals surface area (Å²) in [5, 5.41) is 38.6. The lowest BCUT2D eigenvalue weighted by Crippen LogP contribution is -2.35. The van der Waals surface area contributed by atoms with Gasteiger partial charge in [-0.05, 0) is 45.0 Å². The van der Waals surface area contributed by atoms with Crippen molar-refractivity contribution in [1.29, 1.82) is 0 Å². The number of nitrogens with one attached hydrogen (secondary N) is 1. The van der Waals surface area contributed by atoms with Crippen LogP contribution in [0.25, 0.3) is 0 Å². The largest absolute Gasteiger partial charge is 0.490 e. The zero-order chi connectivity index (χ0) is 26.9. The van der Waals surface area contributed by atoms with Crippen LogP contribution in [-0.2, 0) is 14.2 Å². The predicted molar refractivity (Wildman–Crippen MR) is 129 cm³/mol. The standard InChI is InChI=1S/C13H18BNO6.C8H10BNO4/c1-13(2,3)21-12(17)15-10-7-8(11(16)20-4)5-6-9(10)14(18)19;1-14-8(11)5-2-3-6(9(12)13)7(10)4-5/h5-7,18-19H,1-4H3,(H,15,17);2-4,12-13H,10H2,1H3. The molecule has 0 bridgehead atoms. The van der Waals surface area contributed by atoms with E-state index in [0.717, 1.165) is 0 Å². The molecule has 188 valence electrons. The number of hydrogen-bond acceptors (Lipinski definition) is 11. The van der Waals surface area contributed by atoms with Crippen LogP contribution in [0.2, 0.25) is 0 Å². The first-order valence-corrected chi connectivity index (χ1v) is 10.1. The van der Waals surface area contributed by atoms with E-state index in [0.29, 0.717) is 0 Å². The van der Waals surface area contributed by atoms with Gasteiger partial charge in [-0.25, -0.2) is 14.4 Å². The van der Waals surface area contributed by atoms with Gasteiger partial charge in [0.2, 0.25) is 0 Å². The molecule has 0 saturated heterocycles. The van der Waals surface area contributed by atoms with Crippen LogP contribution < -0.4 is 22.0 Å². The lowest BCUT2D eigenvalue weighted by molar-refractivity contribution is 0.0592. The minimum absolute atomic E-state index is 0.0357. The average Bonchev–Trinajstić information content (AvgIpc) is 2.76. The van der Waals surface area contributed by atoms with Gasteiger partial charge in [-0.15, -0.1) is 0 Å². The number of hydrogen-bond donors (Lipinski definition) is 6. The van der Waals surface area contributed by atoms with Crippen LogP contribution in [0.1, 0.15) is 41.5 Å². The lowest BCUT2D eigenvalue weighted by atomic mass is 9.78. The number of benzene rings is 2. The zero-order valence-corrected chi connectivity index (χ0v) is 19.9. The fourth-order valence-electron chi connectivity index (χ4n) is 2.60. The van der Waals surface area contributed by atoms with Gasteiger partial charge in [0, 0.05) is 22.3 Å². The number of amides is 1. The Morgan fingerprint density at radius 3 is 1.69 bits per heavy atom. The summed E-state index contributed by atoms with van der Waals surface area (Å²) in [7, 11) is -0.964. The maximum absolute atomic E-state index is 11.7. The molecule has 0 aliphatic heterocycles. The van der Waals surface area contributed by atoms with Crippen LogP contribution in [0, 0.1) is 0 Å². The maximum Gasteiger partial charge on any atom is 0.490 e. The van der Waals surface area contributed by atoms with Gasteiger partial charge >= 0.3 is 32.3 Å². The Balaban J connectivity index is 0.000000379. The van der Waals surface area contributed by atoms with Crippen LogP contribution in [0.5, 0.6) is 0 Å². The molecule has 0 heterocycles. The van der Waals surface area contributed by atoms with Gasteiger partial charge in [-0.1, -0.05) is 12.1 Å². The molecule has 1 amide bonds. The molecule has 0 fully saturated rings. The van der Waals surface area contributed by atoms with E-state index in [2.05, 4.69) is 14.8 Å². The number of esters is 2. The van der Waals surface area contributed by atoms with Crippen molar-refractivity contribution >= 4 is 54.6 Å². The number of anilines is 2. The van der Waals surface area contributed by atoms with Gasteiger partial charge in [0.15, 0.2) is 0 Å². The van der Waals surface area contributed by atoms with Gasteiger partial charge < -0.3 is 40.0 Å². The Kier molecular flexibility index (Phi) is 10.7. The van der Waals surface area contributed by atoms with Crippen LogP contribution in [-0.4, -0.2) is 72.2 Å². The molecule has 2 rings (SSSR count). The van der Waals surface area contributed by atoms with Gasteiger partial charge in [-0.3, -0.25) is 5.32 Å². The molecule has 7 N–H and O–H groups in total. The molecular weight excluding hydrogens is 462 g/mol. The molecule has 12 nitrogen and oxygen atoms in total. The minimum atomic E-state index is -1.80. The number of ether oxygens (including phenoxy) is 3. The van der Waals surface area contributed by atoms with Gasteiger partial charge in [0.1, 0.15) is 5.60 Å². The molecule has 0 aliphatic carbocycles. The van der Waals surface area contributed by atoms with E-state index < -0.39 is 37.9 Å². The summed E-state index contributed by atoms with van der Waals surface area (Å²) in [6, 6.07) is 8.07. The van der Waals surface area contributed by atoms with E-state index in [9.17, 15) is 24.4 Å². The number of carbonyl (C=O) groups excluding carboxylic acids is 3. The smallest absolute Gasteiger partial charge is 0.465 e. The highest BCUT2D eigenvalue weighted by atomic mass is 16.6. The summed E-state index contributed by atoms with van der Waals surface area (Å²) >= 11 is 0. The molecule has 35 heavy (non-hydrogen) atoms. The number of nitrogens with two attached hydrogens (primary N) is 1. The first-order chi connectivity index (χ1) is 16.2. The molecule has 2 aromatic rings. The average molecular weight is 490 g/mol. The minimum Gasteiger partial charge on any atom is -0.465 e. The molecule has 0 atom stereocenters. The van der Waals surface area contributed by atoms with Crippen LogP contribution in [0.3, 0.4) is 0 Å². The molecule has 14 heteroatoms. The Morgan fingerprint density at radius 1 is 0.829 bits per heavy atom. The third-order valence-electron chi connectivity index (χ3n) is 4.17. The van der Waals surface area contributed by atoms with E-state index in [4.69, 9.17) is 20.5 Å². The Labute approximate surface area is 202 Å². The lowest BCUT2D eigenvalue weighted by Gasteiger charge is -2.20. The molecule has 0 spiro atoms. The van der Waals surface area contributed by atoms with E-state index in [1.807, 2.05) is 0 Å². The van der Waals surface area contributed by atoms with Crippen LogP contribution in [0.15, 0.2) is 36.4 Å². The van der Waals surface area contributed by atoms with Crippen molar-refractivity contribution in [2.45, 2.75) is 26.4 Å². The van der Waals surface area contributed by atoms with Crippen molar-refractivity contribution < 1.29 is 48.7 Å². The van der Waals surface area contributed by atoms with Crippen molar-refractivity contribution in [2.24, 2.45) is 0 Å². The molecule has 0 unspecified atom stereocenters. The number of carbonyl (C=O) groups is 3. The van der Waals surface area contributed by atoms with Gasteiger partial charge in [0.05, 0.1) is 25.3 Å². The molecule has 0 radical (unpaired) electrons. The van der Waals surface area contributed by atoms with Gasteiger partial charge in [0.25, 0.3) is 0 Å². The Hall–Kier alpha value is -3.58. The van der Waals surface area contributed by atoms with Crippen LogP contribution in [0.4, 0.5) is 16.2 Å². The summed E-state index contributed by atoms with van der Waals surface area (Å²) in [6.45, 7) is 5.08. The fourth-order valence-corrected chi connectivity index (χ4v) is 2.60. The van der Waals surface area contributed by atoms with Crippen molar-refractivity contribution in [2.75, 3.05) is 25.3 Å². The normalized spacial score (nSPS) is 10.3. The summed E-state index contributed by atoms with van der Waals surface area (Å²) in [5.74, 6) is -1.13. The van der Waals surface area contributed by atoms with Crippen molar-refractivity contribution in [3.63, 3.8) is 0 Å². The van der Waals surface area contributed by atoms with Gasteiger partial charge in [-0.2, -0.15) is 0 Å². The highest BCUT2D eigenvalue weighted by Crippen LogP contribution is 2.13. The second kappa shape index (κ2) is 12.8. The first-order valence-electron chi connectivity index (χ1n) is 10.1. The Morgan fingerprint density at radius 2 is 1.29 bits per heavy atom. The van der Waals surface area contributed by atoms with Crippen LogP contribution >= 0.6 is 0 Å². The molecular formula is C21H28B2N2O10. The highest BCUT2D eigenvalue weighted by Gasteiger charge is 2.22. The number of nitrogen functional groups attached to an aromatic ring is 1. The monoisotopic (exact) mass is 490 g/mol. The maximum atomic E-state index is 11.7. The van der Waals surface area contributed by atoms with Crippen molar-refractivity contribution in [3.8, 4) is 0 Å². The summed E-state index contributed by atoms with van der Waals surface area (Å²) in [4.78, 5) is 34.3. The third kappa shape index (κ3) is 9.29. The SMILES string of the molecule is COC(=O)c1ccc(B(O)O)c(N)c1.COC(=O)c1ccc(B(O)O)c(NC(=O)OC(C)(C)C)c1. The second-order valence-electron chi connectivity index (χ2n) is 8.00. The number of rotatable bonds is 5. The molecule has 0 saturated carbocycles. The Bertz CT molecular complexity index is 1050. The summed E-state index contributed by atoms with van der Waals surface area (Å²) in [6.07, 6.45) is -0.772. The third-order valence-corrected chi connectivity index (χ3v) is 4.17. The van der Waals surface area contributed by atoms with E-state index in [1.165, 1.54) is 50.6 Å². The fraction of sp³-hybridized carbons (Fsp3) is 0.286. The zero-order valence-electron chi connectivity index (χ0n) is 19.9. The van der Waals surface area contributed by atoms with Crippen molar-refractivity contribution in [1.82, 2.24) is 0 Å². The quantitative estimate of drug-likeness (QED) is 0.133. The molecule has 0 aliphatic rings. The summed E-state index contributed by atoms with van der Waals surface area (Å²) < 4.78 is 14.1. The van der Waals surface area contributed by atoms with E-state index in [-0.39, 0.29) is 33.4 Å². The topological polar surface area (TPSA) is 198 Å². The van der Waals surface area contributed by atoms with Crippen molar-refractivity contribution in [3.05, 3.63) is 47.5 Å². The predicted octanol–water partition coefficient (Wildman–Crippen LogP) is -0.765. The second-order valence-corrected chi connectivity index (χ2v) is 8.00. The van der Waals surface area contributed by atoms with E-state index in [1.54, 1.807) is 20.8 Å². The van der Waals surface area contributed by atoms with E-state index >= 15 is 0 Å². The molecule has 0 aromatic heterocycles. The first kappa shape index (κ1) is 29.5. The molecule has 2 aromatic carbocycles. The summed E-state index contributed by atoms with van der Waals surface area (Å²) in [5.41, 5.74) is 5.61. The number of methoxy groups -OCH3 is 2. The highest BCUT2D eigenvalue weighted by molar-refractivity contribution is 6.61.